The zero-order valence-corrected chi connectivity index (χ0v) is 16.3. The summed E-state index contributed by atoms with van der Waals surface area (Å²) in [7, 11) is 0. The molecule has 146 valence electrons. The number of carbonyl (C=O) groups excluding carboxylic acids is 1. The molecule has 0 bridgehead atoms. The highest BCUT2D eigenvalue weighted by atomic mass is 32.1. The number of benzene rings is 1. The molecule has 1 aliphatic rings. The average molecular weight is 397 g/mol. The molecular formula is C19H22F3N3OS. The highest BCUT2D eigenvalue weighted by Gasteiger charge is 2.32. The maximum atomic E-state index is 13.2. The number of aromatic nitrogens is 1. The SMILES string of the molecule is CC(=O)Nc1nc(-c2cc(C)cc(C(F)(F)F)c2)c(CN2CCC[C@H]2C)s1. The van der Waals surface area contributed by atoms with Crippen molar-refractivity contribution in [2.24, 2.45) is 0 Å². The second kappa shape index (κ2) is 7.59. The van der Waals surface area contributed by atoms with Gasteiger partial charge in [0.05, 0.1) is 11.3 Å². The van der Waals surface area contributed by atoms with Crippen LogP contribution >= 0.6 is 11.3 Å². The number of aryl methyl sites for hydroxylation is 1. The number of nitrogens with zero attached hydrogens (tertiary/aromatic N) is 2. The first kappa shape index (κ1) is 19.8. The van der Waals surface area contributed by atoms with Crippen LogP contribution in [0.5, 0.6) is 0 Å². The van der Waals surface area contributed by atoms with Gasteiger partial charge >= 0.3 is 6.18 Å². The predicted molar refractivity (Wildman–Crippen MR) is 101 cm³/mol. The zero-order valence-electron chi connectivity index (χ0n) is 15.5. The molecule has 27 heavy (non-hydrogen) atoms. The number of halogens is 3. The Hall–Kier alpha value is -1.93. The highest BCUT2D eigenvalue weighted by molar-refractivity contribution is 7.16. The molecule has 3 rings (SSSR count). The number of thiazole rings is 1. The number of nitrogens with one attached hydrogen (secondary N) is 1. The van der Waals surface area contributed by atoms with Crippen molar-refractivity contribution in [3.05, 3.63) is 34.2 Å². The lowest BCUT2D eigenvalue weighted by Crippen LogP contribution is -2.25. The van der Waals surface area contributed by atoms with Gasteiger partial charge in [0.2, 0.25) is 5.91 Å². The van der Waals surface area contributed by atoms with Crippen molar-refractivity contribution in [1.82, 2.24) is 9.88 Å². The Morgan fingerprint density at radius 3 is 2.70 bits per heavy atom. The van der Waals surface area contributed by atoms with E-state index in [-0.39, 0.29) is 5.91 Å². The highest BCUT2D eigenvalue weighted by Crippen LogP contribution is 2.37. The standard InChI is InChI=1S/C19H22F3N3OS/c1-11-7-14(9-15(8-11)19(20,21)22)17-16(10-25-6-4-5-12(25)2)27-18(24-17)23-13(3)26/h7-9,12H,4-6,10H2,1-3H3,(H,23,24,26)/t12-/m1/s1. The van der Waals surface area contributed by atoms with Crippen molar-refractivity contribution < 1.29 is 18.0 Å². The molecule has 1 aromatic heterocycles. The lowest BCUT2D eigenvalue weighted by Gasteiger charge is -2.20. The number of hydrogen-bond donors (Lipinski definition) is 1. The number of anilines is 1. The van der Waals surface area contributed by atoms with E-state index in [4.69, 9.17) is 0 Å². The van der Waals surface area contributed by atoms with E-state index in [0.717, 1.165) is 36.4 Å². The van der Waals surface area contributed by atoms with E-state index in [1.54, 1.807) is 13.0 Å². The van der Waals surface area contributed by atoms with Gasteiger partial charge in [-0.1, -0.05) is 11.3 Å². The third-order valence-corrected chi connectivity index (χ3v) is 5.65. The molecule has 2 heterocycles. The molecule has 1 aliphatic heterocycles. The summed E-state index contributed by atoms with van der Waals surface area (Å²) in [5.41, 5.74) is 0.774. The fourth-order valence-electron chi connectivity index (χ4n) is 3.38. The number of hydrogen-bond acceptors (Lipinski definition) is 4. The Morgan fingerprint density at radius 2 is 2.11 bits per heavy atom. The predicted octanol–water partition coefficient (Wildman–Crippen LogP) is 5.08. The van der Waals surface area contributed by atoms with Crippen molar-refractivity contribution in [2.75, 3.05) is 11.9 Å². The van der Waals surface area contributed by atoms with Crippen LogP contribution < -0.4 is 5.32 Å². The van der Waals surface area contributed by atoms with Crippen LogP contribution in [-0.2, 0) is 17.5 Å². The van der Waals surface area contributed by atoms with Crippen LogP contribution in [0.1, 0.15) is 42.7 Å². The van der Waals surface area contributed by atoms with Crippen molar-refractivity contribution in [3.8, 4) is 11.3 Å². The van der Waals surface area contributed by atoms with E-state index >= 15 is 0 Å². The topological polar surface area (TPSA) is 45.2 Å². The minimum Gasteiger partial charge on any atom is -0.302 e. The molecule has 0 saturated carbocycles. The monoisotopic (exact) mass is 397 g/mol. The molecule has 1 fully saturated rings. The van der Waals surface area contributed by atoms with Gasteiger partial charge < -0.3 is 5.32 Å². The van der Waals surface area contributed by atoms with Crippen molar-refractivity contribution in [2.45, 2.75) is 52.4 Å². The van der Waals surface area contributed by atoms with E-state index in [9.17, 15) is 18.0 Å². The fourth-order valence-corrected chi connectivity index (χ4v) is 4.44. The second-order valence-electron chi connectivity index (χ2n) is 7.02. The lowest BCUT2D eigenvalue weighted by molar-refractivity contribution is -0.137. The summed E-state index contributed by atoms with van der Waals surface area (Å²) in [6.45, 7) is 6.75. The van der Waals surface area contributed by atoms with E-state index in [0.29, 0.717) is 34.5 Å². The Kier molecular flexibility index (Phi) is 5.58. The van der Waals surface area contributed by atoms with Gasteiger partial charge in [0, 0.05) is 30.0 Å². The quantitative estimate of drug-likeness (QED) is 0.783. The van der Waals surface area contributed by atoms with Crippen molar-refractivity contribution >= 4 is 22.4 Å². The van der Waals surface area contributed by atoms with Crippen molar-refractivity contribution in [1.29, 1.82) is 0 Å². The maximum absolute atomic E-state index is 13.2. The molecule has 1 N–H and O–H groups in total. The van der Waals surface area contributed by atoms with Gasteiger partial charge in [0.25, 0.3) is 0 Å². The third-order valence-electron chi connectivity index (χ3n) is 4.70. The molecule has 0 radical (unpaired) electrons. The average Bonchev–Trinajstić information content (AvgIpc) is 3.12. The van der Waals surface area contributed by atoms with Gasteiger partial charge in [0.15, 0.2) is 5.13 Å². The largest absolute Gasteiger partial charge is 0.416 e. The molecule has 0 unspecified atom stereocenters. The lowest BCUT2D eigenvalue weighted by atomic mass is 10.0. The summed E-state index contributed by atoms with van der Waals surface area (Å²) in [5, 5.41) is 3.07. The zero-order chi connectivity index (χ0) is 19.8. The molecule has 8 heteroatoms. The molecule has 1 amide bonds. The normalized spacial score (nSPS) is 18.1. The van der Waals surface area contributed by atoms with Gasteiger partial charge in [-0.05, 0) is 57.0 Å². The van der Waals surface area contributed by atoms with E-state index in [1.807, 2.05) is 0 Å². The summed E-state index contributed by atoms with van der Waals surface area (Å²) < 4.78 is 39.7. The molecule has 1 saturated heterocycles. The maximum Gasteiger partial charge on any atom is 0.416 e. The summed E-state index contributed by atoms with van der Waals surface area (Å²) >= 11 is 1.32. The van der Waals surface area contributed by atoms with Gasteiger partial charge in [-0.25, -0.2) is 4.98 Å². The number of likely N-dealkylation sites (tertiary alicyclic amines) is 1. The molecular weight excluding hydrogens is 375 g/mol. The van der Waals surface area contributed by atoms with Crippen LogP contribution in [0.3, 0.4) is 0 Å². The molecule has 0 spiro atoms. The number of alkyl halides is 3. The van der Waals surface area contributed by atoms with Crippen molar-refractivity contribution in [3.63, 3.8) is 0 Å². The first-order chi connectivity index (χ1) is 12.6. The van der Waals surface area contributed by atoms with Crippen LogP contribution in [0.25, 0.3) is 11.3 Å². The Bertz CT molecular complexity index is 847. The summed E-state index contributed by atoms with van der Waals surface area (Å²) in [6.07, 6.45) is -2.20. The van der Waals surface area contributed by atoms with E-state index in [1.165, 1.54) is 18.3 Å². The second-order valence-corrected chi connectivity index (χ2v) is 8.10. The van der Waals surface area contributed by atoms with Crippen LogP contribution in [0, 0.1) is 6.92 Å². The third kappa shape index (κ3) is 4.68. The summed E-state index contributed by atoms with van der Waals surface area (Å²) in [6, 6.07) is 4.40. The molecule has 1 atom stereocenters. The van der Waals surface area contributed by atoms with Crippen LogP contribution in [0.15, 0.2) is 18.2 Å². The van der Waals surface area contributed by atoms with Gasteiger partial charge in [-0.15, -0.1) is 0 Å². The van der Waals surface area contributed by atoms with E-state index < -0.39 is 11.7 Å². The molecule has 2 aromatic rings. The number of amides is 1. The minimum atomic E-state index is -4.42. The Morgan fingerprint density at radius 1 is 1.37 bits per heavy atom. The molecule has 0 aliphatic carbocycles. The van der Waals surface area contributed by atoms with Crippen LogP contribution in [-0.4, -0.2) is 28.4 Å². The Balaban J connectivity index is 2.03. The first-order valence-electron chi connectivity index (χ1n) is 8.84. The van der Waals surface area contributed by atoms with Gasteiger partial charge in [-0.2, -0.15) is 13.2 Å². The van der Waals surface area contributed by atoms with Gasteiger partial charge in [0.1, 0.15) is 0 Å². The first-order valence-corrected chi connectivity index (χ1v) is 9.65. The number of rotatable bonds is 4. The summed E-state index contributed by atoms with van der Waals surface area (Å²) in [5.74, 6) is -0.253. The smallest absolute Gasteiger partial charge is 0.302 e. The van der Waals surface area contributed by atoms with Gasteiger partial charge in [-0.3, -0.25) is 9.69 Å². The summed E-state index contributed by atoms with van der Waals surface area (Å²) in [4.78, 5) is 19.0. The number of carbonyl (C=O) groups is 1. The Labute approximate surface area is 160 Å². The fraction of sp³-hybridized carbons (Fsp3) is 0.474. The minimum absolute atomic E-state index is 0.253. The molecule has 4 nitrogen and oxygen atoms in total. The van der Waals surface area contributed by atoms with Crippen LogP contribution in [0.2, 0.25) is 0 Å². The van der Waals surface area contributed by atoms with E-state index in [2.05, 4.69) is 22.1 Å². The molecule has 1 aromatic carbocycles. The van der Waals surface area contributed by atoms with Crippen LogP contribution in [0.4, 0.5) is 18.3 Å².